The predicted octanol–water partition coefficient (Wildman–Crippen LogP) is 3.03. The number of sulfonamides is 1. The summed E-state index contributed by atoms with van der Waals surface area (Å²) in [7, 11) is -2.54. The average molecular weight is 405 g/mol. The Balaban J connectivity index is 2.28. The fourth-order valence-electron chi connectivity index (χ4n) is 2.14. The number of nitrogens with one attached hydrogen (secondary N) is 1. The number of benzene rings is 2. The maximum atomic E-state index is 13.4. The van der Waals surface area contributed by atoms with Gasteiger partial charge in [0.1, 0.15) is 12.3 Å². The van der Waals surface area contributed by atoms with Crippen molar-refractivity contribution in [2.24, 2.45) is 0 Å². The zero-order valence-electron chi connectivity index (χ0n) is 13.8. The van der Waals surface area contributed by atoms with Crippen LogP contribution in [0.1, 0.15) is 0 Å². The second-order valence-corrected chi connectivity index (χ2v) is 7.60. The Bertz CT molecular complexity index is 938. The molecule has 26 heavy (non-hydrogen) atoms. The smallest absolute Gasteiger partial charge is 0.245 e. The molecular weight excluding hydrogens is 390 g/mol. The molecule has 0 radical (unpaired) electrons. The van der Waals surface area contributed by atoms with Crippen LogP contribution in [0.5, 0.6) is 5.75 Å². The van der Waals surface area contributed by atoms with Gasteiger partial charge in [-0.15, -0.1) is 0 Å². The van der Waals surface area contributed by atoms with Gasteiger partial charge in [-0.1, -0.05) is 11.6 Å². The first kappa shape index (κ1) is 19.9. The second-order valence-electron chi connectivity index (χ2n) is 5.26. The standard InChI is InChI=1S/C16H15ClF2N2O4S/c1-25-15-6-3-10(17)7-14(15)20-16(22)9-21(26(2,23)24)11-4-5-12(18)13(19)8-11/h3-8H,9H2,1-2H3,(H,20,22). The molecule has 140 valence electrons. The predicted molar refractivity (Wildman–Crippen MR) is 95.2 cm³/mol. The number of halogens is 3. The van der Waals surface area contributed by atoms with Gasteiger partial charge in [0.05, 0.1) is 24.7 Å². The van der Waals surface area contributed by atoms with E-state index in [4.69, 9.17) is 16.3 Å². The number of methoxy groups -OCH3 is 1. The quantitative estimate of drug-likeness (QED) is 0.803. The Morgan fingerprint density at radius 1 is 1.19 bits per heavy atom. The maximum absolute atomic E-state index is 13.4. The molecule has 0 aliphatic heterocycles. The monoisotopic (exact) mass is 404 g/mol. The van der Waals surface area contributed by atoms with Crippen molar-refractivity contribution in [1.82, 2.24) is 0 Å². The van der Waals surface area contributed by atoms with E-state index in [1.807, 2.05) is 0 Å². The summed E-state index contributed by atoms with van der Waals surface area (Å²) in [5.41, 5.74) is 0.0587. The van der Waals surface area contributed by atoms with Gasteiger partial charge in [0.15, 0.2) is 11.6 Å². The van der Waals surface area contributed by atoms with Crippen LogP contribution in [0.3, 0.4) is 0 Å². The van der Waals surface area contributed by atoms with Crippen molar-refractivity contribution in [2.75, 3.05) is 29.5 Å². The highest BCUT2D eigenvalue weighted by atomic mass is 35.5. The molecule has 2 rings (SSSR count). The van der Waals surface area contributed by atoms with Crippen molar-refractivity contribution >= 4 is 38.9 Å². The van der Waals surface area contributed by atoms with E-state index in [0.717, 1.165) is 18.4 Å². The third-order valence-electron chi connectivity index (χ3n) is 3.31. The highest BCUT2D eigenvalue weighted by Gasteiger charge is 2.22. The van der Waals surface area contributed by atoms with Crippen molar-refractivity contribution in [3.8, 4) is 5.75 Å². The van der Waals surface area contributed by atoms with Crippen LogP contribution in [-0.2, 0) is 14.8 Å². The van der Waals surface area contributed by atoms with Gasteiger partial charge in [-0.25, -0.2) is 17.2 Å². The summed E-state index contributed by atoms with van der Waals surface area (Å²) in [4.78, 5) is 12.3. The lowest BCUT2D eigenvalue weighted by Crippen LogP contribution is -2.37. The normalized spacial score (nSPS) is 11.1. The average Bonchev–Trinajstić information content (AvgIpc) is 2.54. The number of rotatable bonds is 6. The van der Waals surface area contributed by atoms with Crippen LogP contribution < -0.4 is 14.4 Å². The second kappa shape index (κ2) is 7.88. The van der Waals surface area contributed by atoms with E-state index < -0.39 is 34.1 Å². The lowest BCUT2D eigenvalue weighted by atomic mass is 10.2. The molecule has 0 fully saturated rings. The van der Waals surface area contributed by atoms with Crippen LogP contribution in [0.2, 0.25) is 5.02 Å². The lowest BCUT2D eigenvalue weighted by molar-refractivity contribution is -0.114. The number of carbonyl (C=O) groups excluding carboxylic acids is 1. The van der Waals surface area contributed by atoms with Crippen molar-refractivity contribution in [1.29, 1.82) is 0 Å². The molecule has 1 amide bonds. The summed E-state index contributed by atoms with van der Waals surface area (Å²) in [6.45, 7) is -0.653. The molecule has 0 aromatic heterocycles. The maximum Gasteiger partial charge on any atom is 0.245 e. The number of hydrogen-bond donors (Lipinski definition) is 1. The van der Waals surface area contributed by atoms with E-state index in [2.05, 4.69) is 5.32 Å². The highest BCUT2D eigenvalue weighted by molar-refractivity contribution is 7.92. The van der Waals surface area contributed by atoms with E-state index >= 15 is 0 Å². The molecule has 0 saturated heterocycles. The molecule has 0 unspecified atom stereocenters. The first-order valence-electron chi connectivity index (χ1n) is 7.18. The van der Waals surface area contributed by atoms with Crippen molar-refractivity contribution in [3.63, 3.8) is 0 Å². The molecule has 0 heterocycles. The SMILES string of the molecule is COc1ccc(Cl)cc1NC(=O)CN(c1ccc(F)c(F)c1)S(C)(=O)=O. The van der Waals surface area contributed by atoms with Gasteiger partial charge in [-0.3, -0.25) is 9.10 Å². The molecule has 1 N–H and O–H groups in total. The van der Waals surface area contributed by atoms with Gasteiger partial charge in [-0.2, -0.15) is 0 Å². The zero-order chi connectivity index (χ0) is 19.5. The van der Waals surface area contributed by atoms with Crippen LogP contribution >= 0.6 is 11.6 Å². The number of anilines is 2. The number of nitrogens with zero attached hydrogens (tertiary/aromatic N) is 1. The fourth-order valence-corrected chi connectivity index (χ4v) is 3.16. The van der Waals surface area contributed by atoms with Gasteiger partial charge in [0.25, 0.3) is 0 Å². The van der Waals surface area contributed by atoms with Crippen LogP contribution in [0.25, 0.3) is 0 Å². The number of amides is 1. The van der Waals surface area contributed by atoms with Crippen LogP contribution in [-0.4, -0.2) is 34.2 Å². The molecule has 0 aliphatic rings. The molecule has 0 spiro atoms. The van der Waals surface area contributed by atoms with Crippen molar-refractivity contribution in [3.05, 3.63) is 53.1 Å². The largest absolute Gasteiger partial charge is 0.495 e. The molecule has 0 saturated carbocycles. The molecule has 10 heteroatoms. The summed E-state index contributed by atoms with van der Waals surface area (Å²) in [6, 6.07) is 7.06. The molecule has 0 aliphatic carbocycles. The topological polar surface area (TPSA) is 75.7 Å². The number of hydrogen-bond acceptors (Lipinski definition) is 4. The van der Waals surface area contributed by atoms with Crippen LogP contribution in [0, 0.1) is 11.6 Å². The van der Waals surface area contributed by atoms with Crippen LogP contribution in [0.15, 0.2) is 36.4 Å². The Labute approximate surface area is 154 Å². The van der Waals surface area contributed by atoms with Gasteiger partial charge < -0.3 is 10.1 Å². The van der Waals surface area contributed by atoms with E-state index in [9.17, 15) is 22.0 Å². The van der Waals surface area contributed by atoms with Gasteiger partial charge in [0, 0.05) is 11.1 Å². The minimum Gasteiger partial charge on any atom is -0.495 e. The van der Waals surface area contributed by atoms with Crippen LogP contribution in [0.4, 0.5) is 20.2 Å². The summed E-state index contributed by atoms with van der Waals surface area (Å²) < 4.78 is 56.2. The Morgan fingerprint density at radius 3 is 2.46 bits per heavy atom. The minimum absolute atomic E-state index is 0.181. The summed E-state index contributed by atoms with van der Waals surface area (Å²) in [6.07, 6.45) is 0.849. The fraction of sp³-hybridized carbons (Fsp3) is 0.188. The van der Waals surface area contributed by atoms with Crippen molar-refractivity contribution in [2.45, 2.75) is 0 Å². The first-order chi connectivity index (χ1) is 12.1. The Kier molecular flexibility index (Phi) is 6.04. The molecule has 0 atom stereocenters. The molecule has 2 aromatic rings. The first-order valence-corrected chi connectivity index (χ1v) is 9.40. The van der Waals surface area contributed by atoms with E-state index in [1.165, 1.54) is 19.2 Å². The zero-order valence-corrected chi connectivity index (χ0v) is 15.4. The highest BCUT2D eigenvalue weighted by Crippen LogP contribution is 2.28. The molecule has 0 bridgehead atoms. The van der Waals surface area contributed by atoms with Gasteiger partial charge in [0.2, 0.25) is 15.9 Å². The summed E-state index contributed by atoms with van der Waals surface area (Å²) >= 11 is 5.87. The van der Waals surface area contributed by atoms with Crippen molar-refractivity contribution < 1.29 is 26.7 Å². The van der Waals surface area contributed by atoms with E-state index in [1.54, 1.807) is 6.07 Å². The molecule has 6 nitrogen and oxygen atoms in total. The Morgan fingerprint density at radius 2 is 1.88 bits per heavy atom. The molecule has 2 aromatic carbocycles. The molecular formula is C16H15ClF2N2O4S. The van der Waals surface area contributed by atoms with E-state index in [-0.39, 0.29) is 11.4 Å². The Hall–Kier alpha value is -2.39. The summed E-state index contributed by atoms with van der Waals surface area (Å²) in [5.74, 6) is -2.76. The third kappa shape index (κ3) is 4.83. The summed E-state index contributed by atoms with van der Waals surface area (Å²) in [5, 5.41) is 2.81. The minimum atomic E-state index is -3.93. The van der Waals surface area contributed by atoms with Gasteiger partial charge >= 0.3 is 0 Å². The lowest BCUT2D eigenvalue weighted by Gasteiger charge is -2.22. The van der Waals surface area contributed by atoms with Gasteiger partial charge in [-0.05, 0) is 30.3 Å². The third-order valence-corrected chi connectivity index (χ3v) is 4.69. The van der Waals surface area contributed by atoms with E-state index in [0.29, 0.717) is 21.1 Å². The number of ether oxygens (including phenoxy) is 1. The number of carbonyl (C=O) groups is 1.